The Hall–Kier alpha value is -1.35. The summed E-state index contributed by atoms with van der Waals surface area (Å²) < 4.78 is 0. The number of nitrogens with one attached hydrogen (secondary N) is 2. The van der Waals surface area contributed by atoms with Crippen LogP contribution in [0.5, 0.6) is 0 Å². The molecule has 0 heterocycles. The maximum atomic E-state index is 11.8. The van der Waals surface area contributed by atoms with Gasteiger partial charge < -0.3 is 10.6 Å². The third-order valence-electron chi connectivity index (χ3n) is 2.61. The monoisotopic (exact) mass is 220 g/mol. The van der Waals surface area contributed by atoms with Crippen LogP contribution in [0.4, 0.5) is 5.69 Å². The number of hydrogen-bond donors (Lipinski definition) is 2. The smallest absolute Gasteiger partial charge is 0.228 e. The molecule has 1 atom stereocenters. The topological polar surface area (TPSA) is 41.1 Å². The Morgan fingerprint density at radius 1 is 1.38 bits per heavy atom. The molecule has 16 heavy (non-hydrogen) atoms. The number of carbonyl (C=O) groups is 1. The van der Waals surface area contributed by atoms with Crippen LogP contribution in [0.3, 0.4) is 0 Å². The van der Waals surface area contributed by atoms with Gasteiger partial charge in [-0.15, -0.1) is 0 Å². The maximum Gasteiger partial charge on any atom is 0.228 e. The highest BCUT2D eigenvalue weighted by molar-refractivity contribution is 5.93. The molecule has 1 aromatic carbocycles. The second kappa shape index (κ2) is 6.28. The molecule has 0 spiro atoms. The Labute approximate surface area is 97.2 Å². The molecule has 0 saturated carbocycles. The SMILES string of the molecule is CCc1ccccc1NC(=O)C(C)CNC. The fourth-order valence-corrected chi connectivity index (χ4v) is 1.61. The van der Waals surface area contributed by atoms with Crippen molar-refractivity contribution < 1.29 is 4.79 Å². The van der Waals surface area contributed by atoms with E-state index < -0.39 is 0 Å². The number of carbonyl (C=O) groups excluding carboxylic acids is 1. The van der Waals surface area contributed by atoms with E-state index >= 15 is 0 Å². The van der Waals surface area contributed by atoms with Gasteiger partial charge in [0.25, 0.3) is 0 Å². The molecule has 1 amide bonds. The molecule has 0 saturated heterocycles. The van der Waals surface area contributed by atoms with Crippen LogP contribution >= 0.6 is 0 Å². The normalized spacial score (nSPS) is 12.2. The van der Waals surface area contributed by atoms with Crippen molar-refractivity contribution in [2.75, 3.05) is 18.9 Å². The predicted octanol–water partition coefficient (Wildman–Crippen LogP) is 2.04. The number of anilines is 1. The summed E-state index contributed by atoms with van der Waals surface area (Å²) in [6.45, 7) is 4.70. The largest absolute Gasteiger partial charge is 0.326 e. The fourth-order valence-electron chi connectivity index (χ4n) is 1.61. The van der Waals surface area contributed by atoms with Crippen LogP contribution in [0.2, 0.25) is 0 Å². The second-order valence-corrected chi connectivity index (χ2v) is 3.96. The van der Waals surface area contributed by atoms with Gasteiger partial charge in [-0.1, -0.05) is 32.0 Å². The second-order valence-electron chi connectivity index (χ2n) is 3.96. The zero-order chi connectivity index (χ0) is 12.0. The van der Waals surface area contributed by atoms with Gasteiger partial charge in [-0.3, -0.25) is 4.79 Å². The zero-order valence-electron chi connectivity index (χ0n) is 10.2. The van der Waals surface area contributed by atoms with Gasteiger partial charge >= 0.3 is 0 Å². The summed E-state index contributed by atoms with van der Waals surface area (Å²) in [7, 11) is 1.85. The van der Waals surface area contributed by atoms with E-state index in [2.05, 4.69) is 17.6 Å². The first kappa shape index (κ1) is 12.7. The Balaban J connectivity index is 2.69. The van der Waals surface area contributed by atoms with Gasteiger partial charge in [0.1, 0.15) is 0 Å². The summed E-state index contributed by atoms with van der Waals surface area (Å²) in [6, 6.07) is 7.92. The van der Waals surface area contributed by atoms with Crippen molar-refractivity contribution in [1.82, 2.24) is 5.32 Å². The van der Waals surface area contributed by atoms with Crippen LogP contribution in [0, 0.1) is 5.92 Å². The lowest BCUT2D eigenvalue weighted by molar-refractivity contribution is -0.119. The minimum atomic E-state index is -0.0186. The standard InChI is InChI=1S/C13H20N2O/c1-4-11-7-5-6-8-12(11)15-13(16)10(2)9-14-3/h5-8,10,14H,4,9H2,1-3H3,(H,15,16). The average Bonchev–Trinajstić information content (AvgIpc) is 2.30. The highest BCUT2D eigenvalue weighted by atomic mass is 16.1. The Morgan fingerprint density at radius 2 is 2.06 bits per heavy atom. The van der Waals surface area contributed by atoms with Crippen molar-refractivity contribution in [1.29, 1.82) is 0 Å². The number of aryl methyl sites for hydroxylation is 1. The molecule has 0 aromatic heterocycles. The molecule has 0 aliphatic rings. The lowest BCUT2D eigenvalue weighted by Crippen LogP contribution is -2.28. The molecule has 0 fully saturated rings. The Kier molecular flexibility index (Phi) is 4.99. The first-order chi connectivity index (χ1) is 7.69. The third-order valence-corrected chi connectivity index (χ3v) is 2.61. The first-order valence-electron chi connectivity index (χ1n) is 5.72. The molecule has 1 unspecified atom stereocenters. The van der Waals surface area contributed by atoms with E-state index in [1.165, 1.54) is 5.56 Å². The summed E-state index contributed by atoms with van der Waals surface area (Å²) in [4.78, 5) is 11.8. The molecule has 88 valence electrons. The van der Waals surface area contributed by atoms with E-state index in [-0.39, 0.29) is 11.8 Å². The van der Waals surface area contributed by atoms with E-state index in [1.54, 1.807) is 0 Å². The number of para-hydroxylation sites is 1. The van der Waals surface area contributed by atoms with Crippen LogP contribution in [-0.2, 0) is 11.2 Å². The van der Waals surface area contributed by atoms with Crippen molar-refractivity contribution in [3.8, 4) is 0 Å². The van der Waals surface area contributed by atoms with Crippen LogP contribution in [-0.4, -0.2) is 19.5 Å². The van der Waals surface area contributed by atoms with Gasteiger partial charge in [0.15, 0.2) is 0 Å². The molecule has 2 N–H and O–H groups in total. The van der Waals surface area contributed by atoms with Crippen LogP contribution < -0.4 is 10.6 Å². The lowest BCUT2D eigenvalue weighted by Gasteiger charge is -2.13. The summed E-state index contributed by atoms with van der Waals surface area (Å²) in [5, 5.41) is 5.97. The molecule has 0 radical (unpaired) electrons. The lowest BCUT2D eigenvalue weighted by atomic mass is 10.1. The van der Waals surface area contributed by atoms with Gasteiger partial charge in [-0.2, -0.15) is 0 Å². The van der Waals surface area contributed by atoms with Crippen molar-refractivity contribution in [2.24, 2.45) is 5.92 Å². The number of benzene rings is 1. The van der Waals surface area contributed by atoms with Crippen molar-refractivity contribution in [3.63, 3.8) is 0 Å². The number of hydrogen-bond acceptors (Lipinski definition) is 2. The van der Waals surface area contributed by atoms with Gasteiger partial charge in [0, 0.05) is 18.2 Å². The third kappa shape index (κ3) is 3.35. The van der Waals surface area contributed by atoms with Gasteiger partial charge in [-0.05, 0) is 25.1 Å². The molecule has 0 aliphatic heterocycles. The molecule has 0 bridgehead atoms. The maximum absolute atomic E-state index is 11.8. The van der Waals surface area contributed by atoms with E-state index in [1.807, 2.05) is 38.2 Å². The van der Waals surface area contributed by atoms with Crippen LogP contribution in [0.25, 0.3) is 0 Å². The van der Waals surface area contributed by atoms with Gasteiger partial charge in [0.2, 0.25) is 5.91 Å². The summed E-state index contributed by atoms with van der Waals surface area (Å²) in [6.07, 6.45) is 0.927. The molecular weight excluding hydrogens is 200 g/mol. The van der Waals surface area contributed by atoms with Crippen molar-refractivity contribution in [2.45, 2.75) is 20.3 Å². The predicted molar refractivity (Wildman–Crippen MR) is 67.5 cm³/mol. The number of amides is 1. The molecule has 1 aromatic rings. The molecule has 1 rings (SSSR count). The zero-order valence-corrected chi connectivity index (χ0v) is 10.2. The van der Waals surface area contributed by atoms with E-state index in [0.717, 1.165) is 12.1 Å². The highest BCUT2D eigenvalue weighted by Gasteiger charge is 2.12. The Bertz CT molecular complexity index is 350. The van der Waals surface area contributed by atoms with Gasteiger partial charge in [-0.25, -0.2) is 0 Å². The Morgan fingerprint density at radius 3 is 2.69 bits per heavy atom. The molecule has 3 heteroatoms. The highest BCUT2D eigenvalue weighted by Crippen LogP contribution is 2.16. The van der Waals surface area contributed by atoms with Crippen LogP contribution in [0.1, 0.15) is 19.4 Å². The summed E-state index contributed by atoms with van der Waals surface area (Å²) in [5.74, 6) is 0.0464. The molecule has 3 nitrogen and oxygen atoms in total. The summed E-state index contributed by atoms with van der Waals surface area (Å²) in [5.41, 5.74) is 2.10. The minimum Gasteiger partial charge on any atom is -0.326 e. The fraction of sp³-hybridized carbons (Fsp3) is 0.462. The van der Waals surface area contributed by atoms with E-state index in [4.69, 9.17) is 0 Å². The molecule has 0 aliphatic carbocycles. The van der Waals surface area contributed by atoms with E-state index in [0.29, 0.717) is 6.54 Å². The van der Waals surface area contributed by atoms with Crippen molar-refractivity contribution in [3.05, 3.63) is 29.8 Å². The van der Waals surface area contributed by atoms with E-state index in [9.17, 15) is 4.79 Å². The average molecular weight is 220 g/mol. The summed E-state index contributed by atoms with van der Waals surface area (Å²) >= 11 is 0. The van der Waals surface area contributed by atoms with Gasteiger partial charge in [0.05, 0.1) is 0 Å². The quantitative estimate of drug-likeness (QED) is 0.797. The number of rotatable bonds is 5. The van der Waals surface area contributed by atoms with Crippen LogP contribution in [0.15, 0.2) is 24.3 Å². The first-order valence-corrected chi connectivity index (χ1v) is 5.72. The minimum absolute atomic E-state index is 0.0186. The van der Waals surface area contributed by atoms with Crippen molar-refractivity contribution >= 4 is 11.6 Å². The molecular formula is C13H20N2O.